The van der Waals surface area contributed by atoms with Gasteiger partial charge in [-0.2, -0.15) is 4.31 Å². The number of sulfonamides is 1. The number of piperazine rings is 1. The van der Waals surface area contributed by atoms with Gasteiger partial charge in [-0.25, -0.2) is 8.42 Å². The van der Waals surface area contributed by atoms with Crippen LogP contribution in [-0.2, 0) is 19.6 Å². The highest BCUT2D eigenvalue weighted by molar-refractivity contribution is 7.88. The number of nitrogens with one attached hydrogen (secondary N) is 1. The predicted molar refractivity (Wildman–Crippen MR) is 118 cm³/mol. The zero-order chi connectivity index (χ0) is 23.3. The van der Waals surface area contributed by atoms with Crippen LogP contribution in [0, 0.1) is 5.92 Å². The number of nitrogens with two attached hydrogens (primary N) is 1. The van der Waals surface area contributed by atoms with Crippen molar-refractivity contribution in [2.45, 2.75) is 50.6 Å². The van der Waals surface area contributed by atoms with Gasteiger partial charge in [0.15, 0.2) is 0 Å². The molecule has 1 aliphatic carbocycles. The Hall–Kier alpha value is -2.53. The first-order chi connectivity index (χ1) is 15.2. The van der Waals surface area contributed by atoms with Crippen LogP contribution >= 0.6 is 0 Å². The molecule has 1 saturated carbocycles. The van der Waals surface area contributed by atoms with Gasteiger partial charge in [-0.1, -0.05) is 32.1 Å². The van der Waals surface area contributed by atoms with Crippen molar-refractivity contribution in [2.24, 2.45) is 11.7 Å². The molecule has 1 saturated heterocycles. The second-order valence-corrected chi connectivity index (χ2v) is 10.5. The molecule has 1 aliphatic heterocycles. The maximum absolute atomic E-state index is 13.1. The molecule has 2 fully saturated rings. The molecule has 2 aliphatic rings. The number of rotatable bonds is 7. The number of nitrogens with zero attached hydrogens (tertiary/aromatic N) is 3. The van der Waals surface area contributed by atoms with E-state index in [1.54, 1.807) is 18.3 Å². The molecule has 0 bridgehead atoms. The molecule has 1 aromatic heterocycles. The van der Waals surface area contributed by atoms with Crippen molar-refractivity contribution in [1.82, 2.24) is 19.5 Å². The van der Waals surface area contributed by atoms with E-state index in [9.17, 15) is 22.8 Å². The van der Waals surface area contributed by atoms with Crippen LogP contribution in [0.2, 0.25) is 0 Å². The van der Waals surface area contributed by atoms with Gasteiger partial charge in [-0.3, -0.25) is 19.4 Å². The highest BCUT2D eigenvalue weighted by atomic mass is 32.2. The van der Waals surface area contributed by atoms with Crippen LogP contribution in [0.3, 0.4) is 0 Å². The summed E-state index contributed by atoms with van der Waals surface area (Å²) in [6.45, 7) is 0.000225. The van der Waals surface area contributed by atoms with Crippen LogP contribution in [0.4, 0.5) is 0 Å². The number of carbonyl (C=O) groups is 3. The van der Waals surface area contributed by atoms with E-state index in [0.29, 0.717) is 17.9 Å². The highest BCUT2D eigenvalue weighted by Crippen LogP contribution is 2.27. The topological polar surface area (TPSA) is 143 Å². The van der Waals surface area contributed by atoms with E-state index in [2.05, 4.69) is 10.3 Å². The van der Waals surface area contributed by atoms with E-state index in [4.69, 9.17) is 5.73 Å². The van der Waals surface area contributed by atoms with E-state index < -0.39 is 33.9 Å². The summed E-state index contributed by atoms with van der Waals surface area (Å²) in [5, 5.41) is 2.66. The lowest BCUT2D eigenvalue weighted by Gasteiger charge is -2.39. The zero-order valence-electron chi connectivity index (χ0n) is 18.3. The number of hydrogen-bond acceptors (Lipinski definition) is 6. The van der Waals surface area contributed by atoms with Crippen LogP contribution < -0.4 is 11.1 Å². The van der Waals surface area contributed by atoms with E-state index in [-0.39, 0.29) is 25.5 Å². The summed E-state index contributed by atoms with van der Waals surface area (Å²) < 4.78 is 25.7. The average molecular weight is 466 g/mol. The van der Waals surface area contributed by atoms with Crippen molar-refractivity contribution in [3.63, 3.8) is 0 Å². The average Bonchev–Trinajstić information content (AvgIpc) is 2.78. The van der Waals surface area contributed by atoms with Crippen molar-refractivity contribution in [1.29, 1.82) is 0 Å². The molecular weight excluding hydrogens is 434 g/mol. The molecule has 1 aromatic rings. The first-order valence-electron chi connectivity index (χ1n) is 10.9. The van der Waals surface area contributed by atoms with Crippen LogP contribution in [-0.4, -0.2) is 78.3 Å². The minimum atomic E-state index is -3.71. The number of primary amides is 1. The van der Waals surface area contributed by atoms with Gasteiger partial charge in [-0.15, -0.1) is 0 Å². The summed E-state index contributed by atoms with van der Waals surface area (Å²) in [5.74, 6) is -1.31. The molecule has 0 unspecified atom stereocenters. The molecule has 3 amide bonds. The van der Waals surface area contributed by atoms with Crippen LogP contribution in [0.15, 0.2) is 24.5 Å². The second kappa shape index (κ2) is 10.4. The molecule has 176 valence electrons. The van der Waals surface area contributed by atoms with Crippen LogP contribution in [0.5, 0.6) is 0 Å². The Morgan fingerprint density at radius 1 is 1.22 bits per heavy atom. The molecule has 0 spiro atoms. The number of hydrogen-bond donors (Lipinski definition) is 2. The fourth-order valence-corrected chi connectivity index (χ4v) is 5.54. The number of pyridine rings is 1. The lowest BCUT2D eigenvalue weighted by molar-refractivity contribution is -0.131. The maximum atomic E-state index is 13.1. The first kappa shape index (κ1) is 24.1. The molecular formula is C21H31N5O5S. The van der Waals surface area contributed by atoms with Crippen molar-refractivity contribution in [3.8, 4) is 0 Å². The van der Waals surface area contributed by atoms with Gasteiger partial charge in [-0.05, 0) is 24.5 Å². The fourth-order valence-electron chi connectivity index (χ4n) is 4.50. The summed E-state index contributed by atoms with van der Waals surface area (Å²) in [4.78, 5) is 43.4. The van der Waals surface area contributed by atoms with Gasteiger partial charge >= 0.3 is 0 Å². The lowest BCUT2D eigenvalue weighted by atomic mass is 9.84. The van der Waals surface area contributed by atoms with Crippen molar-refractivity contribution < 1.29 is 22.8 Å². The smallest absolute Gasteiger partial charge is 0.255 e. The third-order valence-corrected chi connectivity index (χ3v) is 7.50. The van der Waals surface area contributed by atoms with E-state index >= 15 is 0 Å². The summed E-state index contributed by atoms with van der Waals surface area (Å²) in [6, 6.07) is 1.22. The third kappa shape index (κ3) is 6.04. The quantitative estimate of drug-likeness (QED) is 0.585. The summed E-state index contributed by atoms with van der Waals surface area (Å²) >= 11 is 0. The summed E-state index contributed by atoms with van der Waals surface area (Å²) in [6.07, 6.45) is 9.72. The molecule has 3 rings (SSSR count). The van der Waals surface area contributed by atoms with E-state index in [0.717, 1.165) is 42.7 Å². The minimum absolute atomic E-state index is 0.0210. The van der Waals surface area contributed by atoms with Gasteiger partial charge in [0.25, 0.3) is 5.91 Å². The molecule has 3 N–H and O–H groups in total. The van der Waals surface area contributed by atoms with Gasteiger partial charge in [0.2, 0.25) is 21.8 Å². The Kier molecular flexibility index (Phi) is 7.83. The predicted octanol–water partition coefficient (Wildman–Crippen LogP) is 0.108. The maximum Gasteiger partial charge on any atom is 0.255 e. The standard InChI is InChI=1S/C21H31N5O5S/c1-32(30,31)26-11-10-25(21(29)16-8-5-9-23-13-16)14-18(26)20(28)24-17(19(22)27)12-15-6-3-2-4-7-15/h5,8-9,13,15,17-18H,2-4,6-7,10-12,14H2,1H3,(H2,22,27)(H,24,28)/t17-,18-/m0/s1. The highest BCUT2D eigenvalue weighted by Gasteiger charge is 2.40. The van der Waals surface area contributed by atoms with Gasteiger partial charge in [0.1, 0.15) is 12.1 Å². The minimum Gasteiger partial charge on any atom is -0.368 e. The Morgan fingerprint density at radius 2 is 1.94 bits per heavy atom. The van der Waals surface area contributed by atoms with Crippen molar-refractivity contribution >= 4 is 27.7 Å². The Bertz CT molecular complexity index is 933. The Morgan fingerprint density at radius 3 is 2.53 bits per heavy atom. The number of aromatic nitrogens is 1. The Balaban J connectivity index is 1.75. The van der Waals surface area contributed by atoms with E-state index in [1.165, 1.54) is 11.1 Å². The molecule has 2 heterocycles. The van der Waals surface area contributed by atoms with Crippen molar-refractivity contribution in [3.05, 3.63) is 30.1 Å². The number of amides is 3. The monoisotopic (exact) mass is 465 g/mol. The van der Waals surface area contributed by atoms with Gasteiger partial charge in [0, 0.05) is 32.0 Å². The normalized spacial score (nSPS) is 21.7. The lowest BCUT2D eigenvalue weighted by Crippen LogP contribution is -2.63. The van der Waals surface area contributed by atoms with Crippen LogP contribution in [0.1, 0.15) is 48.9 Å². The molecule has 11 heteroatoms. The Labute approximate surface area is 188 Å². The number of carbonyl (C=O) groups excluding carboxylic acids is 3. The SMILES string of the molecule is CS(=O)(=O)N1CCN(C(=O)c2cccnc2)C[C@H]1C(=O)N[C@@H](CC1CCCCC1)C(N)=O. The van der Waals surface area contributed by atoms with E-state index in [1.807, 2.05) is 0 Å². The molecule has 10 nitrogen and oxygen atoms in total. The second-order valence-electron chi connectivity index (χ2n) is 8.59. The zero-order valence-corrected chi connectivity index (χ0v) is 19.1. The van der Waals surface area contributed by atoms with Crippen molar-refractivity contribution in [2.75, 3.05) is 25.9 Å². The molecule has 32 heavy (non-hydrogen) atoms. The summed E-state index contributed by atoms with van der Waals surface area (Å²) in [5.41, 5.74) is 5.90. The van der Waals surface area contributed by atoms with Gasteiger partial charge in [0.05, 0.1) is 11.8 Å². The van der Waals surface area contributed by atoms with Crippen LogP contribution in [0.25, 0.3) is 0 Å². The fraction of sp³-hybridized carbons (Fsp3) is 0.619. The molecule has 0 radical (unpaired) electrons. The molecule has 2 atom stereocenters. The summed E-state index contributed by atoms with van der Waals surface area (Å²) in [7, 11) is -3.71. The third-order valence-electron chi connectivity index (χ3n) is 6.21. The largest absolute Gasteiger partial charge is 0.368 e. The molecule has 0 aromatic carbocycles. The van der Waals surface area contributed by atoms with Gasteiger partial charge < -0.3 is 16.0 Å². The first-order valence-corrected chi connectivity index (χ1v) is 12.8.